The summed E-state index contributed by atoms with van der Waals surface area (Å²) in [6, 6.07) is 8.39. The van der Waals surface area contributed by atoms with Gasteiger partial charge < -0.3 is 0 Å². The van der Waals surface area contributed by atoms with E-state index in [9.17, 15) is 4.79 Å². The predicted molar refractivity (Wildman–Crippen MR) is 80.6 cm³/mol. The second-order valence-electron chi connectivity index (χ2n) is 4.69. The van der Waals surface area contributed by atoms with Gasteiger partial charge in [-0.2, -0.15) is 11.8 Å². The minimum Gasteiger partial charge on any atom is -0.295 e. The van der Waals surface area contributed by atoms with Crippen molar-refractivity contribution in [3.05, 3.63) is 35.4 Å². The Morgan fingerprint density at radius 2 is 1.94 bits per heavy atom. The summed E-state index contributed by atoms with van der Waals surface area (Å²) in [5.41, 5.74) is 2.09. The summed E-state index contributed by atoms with van der Waals surface area (Å²) in [7, 11) is 2.01. The fourth-order valence-electron chi connectivity index (χ4n) is 1.77. The number of hydrogen-bond acceptors (Lipinski definition) is 3. The molecule has 0 radical (unpaired) electrons. The topological polar surface area (TPSA) is 20.3 Å². The maximum Gasteiger partial charge on any atom is 0.176 e. The molecule has 3 heteroatoms. The Morgan fingerprint density at radius 1 is 1.33 bits per heavy atom. The monoisotopic (exact) mass is 265 g/mol. The second-order valence-corrected chi connectivity index (χ2v) is 5.60. The normalized spacial score (nSPS) is 12.7. The van der Waals surface area contributed by atoms with Crippen molar-refractivity contribution >= 4 is 17.5 Å². The average Bonchev–Trinajstić information content (AvgIpc) is 2.39. The maximum atomic E-state index is 12.1. The van der Waals surface area contributed by atoms with E-state index in [0.717, 1.165) is 17.7 Å². The van der Waals surface area contributed by atoms with Crippen LogP contribution in [-0.4, -0.2) is 42.3 Å². The number of carbonyl (C=O) groups is 1. The first kappa shape index (κ1) is 15.3. The Labute approximate surface area is 115 Å². The highest BCUT2D eigenvalue weighted by molar-refractivity contribution is 7.98. The molecule has 0 fully saturated rings. The zero-order valence-electron chi connectivity index (χ0n) is 11.8. The Bertz CT molecular complexity index is 375. The highest BCUT2D eigenvalue weighted by Gasteiger charge is 2.13. The quantitative estimate of drug-likeness (QED) is 0.707. The van der Waals surface area contributed by atoms with Crippen LogP contribution < -0.4 is 0 Å². The van der Waals surface area contributed by atoms with Crippen molar-refractivity contribution in [1.82, 2.24) is 4.90 Å². The molecular formula is C15H23NOS. The Hall–Kier alpha value is -0.800. The van der Waals surface area contributed by atoms with Gasteiger partial charge in [-0.3, -0.25) is 9.69 Å². The Balaban J connectivity index is 2.58. The molecule has 0 heterocycles. The van der Waals surface area contributed by atoms with E-state index < -0.39 is 0 Å². The van der Waals surface area contributed by atoms with Crippen molar-refractivity contribution in [2.24, 2.45) is 0 Å². The number of carbonyl (C=O) groups excluding carboxylic acids is 1. The van der Waals surface area contributed by atoms with Gasteiger partial charge in [0, 0.05) is 17.4 Å². The minimum atomic E-state index is 0.202. The lowest BCUT2D eigenvalue weighted by molar-refractivity contribution is 0.0931. The van der Waals surface area contributed by atoms with E-state index in [-0.39, 0.29) is 5.78 Å². The highest BCUT2D eigenvalue weighted by atomic mass is 32.2. The van der Waals surface area contributed by atoms with Crippen molar-refractivity contribution < 1.29 is 4.79 Å². The van der Waals surface area contributed by atoms with E-state index >= 15 is 0 Å². The van der Waals surface area contributed by atoms with Gasteiger partial charge >= 0.3 is 0 Å². The van der Waals surface area contributed by atoms with Crippen LogP contribution >= 0.6 is 11.8 Å². The third-order valence-electron chi connectivity index (χ3n) is 3.24. The first-order chi connectivity index (χ1) is 8.58. The molecule has 2 nitrogen and oxygen atoms in total. The average molecular weight is 265 g/mol. The first-order valence-corrected chi connectivity index (χ1v) is 7.79. The van der Waals surface area contributed by atoms with Gasteiger partial charge in [0.25, 0.3) is 0 Å². The van der Waals surface area contributed by atoms with Crippen molar-refractivity contribution in [3.8, 4) is 0 Å². The second kappa shape index (κ2) is 7.59. The van der Waals surface area contributed by atoms with Gasteiger partial charge in [0.15, 0.2) is 5.78 Å². The molecule has 18 heavy (non-hydrogen) atoms. The summed E-state index contributed by atoms with van der Waals surface area (Å²) in [6.45, 7) is 4.77. The molecule has 100 valence electrons. The van der Waals surface area contributed by atoms with Gasteiger partial charge in [-0.15, -0.1) is 0 Å². The molecular weight excluding hydrogens is 242 g/mol. The van der Waals surface area contributed by atoms with Crippen LogP contribution in [0, 0.1) is 0 Å². The van der Waals surface area contributed by atoms with E-state index in [1.54, 1.807) is 0 Å². The molecule has 1 unspecified atom stereocenters. The fraction of sp³-hybridized carbons (Fsp3) is 0.533. The van der Waals surface area contributed by atoms with Crippen LogP contribution in [-0.2, 0) is 6.42 Å². The van der Waals surface area contributed by atoms with Gasteiger partial charge in [-0.25, -0.2) is 0 Å². The molecule has 0 N–H and O–H groups in total. The third kappa shape index (κ3) is 4.46. The number of likely N-dealkylation sites (N-methyl/N-ethyl adjacent to an activating group) is 1. The third-order valence-corrected chi connectivity index (χ3v) is 4.05. The summed E-state index contributed by atoms with van der Waals surface area (Å²) >= 11 is 1.81. The highest BCUT2D eigenvalue weighted by Crippen LogP contribution is 2.09. The number of ketones is 1. The summed E-state index contributed by atoms with van der Waals surface area (Å²) in [5, 5.41) is 0. The molecule has 0 saturated carbocycles. The van der Waals surface area contributed by atoms with Gasteiger partial charge in [-0.05, 0) is 32.2 Å². The number of hydrogen-bond donors (Lipinski definition) is 0. The number of rotatable bonds is 7. The van der Waals surface area contributed by atoms with Gasteiger partial charge in [-0.1, -0.05) is 31.2 Å². The molecule has 1 aromatic rings. The standard InChI is InChI=1S/C15H23NOS/c1-5-13-6-8-14(9-7-13)15(17)10-16(3)12(2)11-18-4/h6-9,12H,5,10-11H2,1-4H3. The summed E-state index contributed by atoms with van der Waals surface area (Å²) in [4.78, 5) is 14.2. The van der Waals surface area contributed by atoms with E-state index in [4.69, 9.17) is 0 Å². The number of Topliss-reactive ketones (excluding diaryl/α,β-unsaturated/α-hetero) is 1. The number of aryl methyl sites for hydroxylation is 1. The minimum absolute atomic E-state index is 0.202. The molecule has 1 atom stereocenters. The smallest absolute Gasteiger partial charge is 0.176 e. The van der Waals surface area contributed by atoms with Crippen LogP contribution in [0.5, 0.6) is 0 Å². The summed E-state index contributed by atoms with van der Waals surface area (Å²) in [5.74, 6) is 1.26. The van der Waals surface area contributed by atoms with Gasteiger partial charge in [0.2, 0.25) is 0 Å². The van der Waals surface area contributed by atoms with Crippen LogP contribution in [0.2, 0.25) is 0 Å². The SMILES string of the molecule is CCc1ccc(C(=O)CN(C)C(C)CSC)cc1. The number of nitrogens with zero attached hydrogens (tertiary/aromatic N) is 1. The lowest BCUT2D eigenvalue weighted by atomic mass is 10.1. The maximum absolute atomic E-state index is 12.1. The first-order valence-electron chi connectivity index (χ1n) is 6.39. The number of thioether (sulfide) groups is 1. The largest absolute Gasteiger partial charge is 0.295 e. The summed E-state index contributed by atoms with van der Waals surface area (Å²) < 4.78 is 0. The van der Waals surface area contributed by atoms with Crippen LogP contribution in [0.25, 0.3) is 0 Å². The Kier molecular flexibility index (Phi) is 6.44. The van der Waals surface area contributed by atoms with E-state index in [2.05, 4.69) is 25.0 Å². The molecule has 0 aliphatic rings. The molecule has 0 saturated heterocycles. The summed E-state index contributed by atoms with van der Waals surface area (Å²) in [6.07, 6.45) is 3.11. The number of benzene rings is 1. The van der Waals surface area contributed by atoms with Gasteiger partial charge in [0.1, 0.15) is 0 Å². The van der Waals surface area contributed by atoms with E-state index in [1.165, 1.54) is 5.56 Å². The fourth-order valence-corrected chi connectivity index (χ4v) is 2.51. The zero-order valence-corrected chi connectivity index (χ0v) is 12.6. The Morgan fingerprint density at radius 3 is 2.44 bits per heavy atom. The lowest BCUT2D eigenvalue weighted by Crippen LogP contribution is -2.35. The van der Waals surface area contributed by atoms with Crippen LogP contribution in [0.1, 0.15) is 29.8 Å². The molecule has 1 rings (SSSR count). The van der Waals surface area contributed by atoms with E-state index in [1.807, 2.05) is 43.1 Å². The molecule has 0 aliphatic carbocycles. The molecule has 0 aromatic heterocycles. The van der Waals surface area contributed by atoms with Crippen molar-refractivity contribution in [1.29, 1.82) is 0 Å². The zero-order chi connectivity index (χ0) is 13.5. The lowest BCUT2D eigenvalue weighted by Gasteiger charge is -2.23. The van der Waals surface area contributed by atoms with Crippen LogP contribution in [0.15, 0.2) is 24.3 Å². The van der Waals surface area contributed by atoms with Crippen LogP contribution in [0.3, 0.4) is 0 Å². The molecule has 0 bridgehead atoms. The predicted octanol–water partition coefficient (Wildman–Crippen LogP) is 3.12. The molecule has 0 aliphatic heterocycles. The van der Waals surface area contributed by atoms with Gasteiger partial charge in [0.05, 0.1) is 6.54 Å². The van der Waals surface area contributed by atoms with Crippen molar-refractivity contribution in [2.75, 3.05) is 25.6 Å². The molecule has 0 amide bonds. The molecule has 0 spiro atoms. The van der Waals surface area contributed by atoms with E-state index in [0.29, 0.717) is 12.6 Å². The van der Waals surface area contributed by atoms with Crippen molar-refractivity contribution in [3.63, 3.8) is 0 Å². The molecule has 1 aromatic carbocycles. The van der Waals surface area contributed by atoms with Crippen molar-refractivity contribution in [2.45, 2.75) is 26.3 Å². The van der Waals surface area contributed by atoms with Crippen LogP contribution in [0.4, 0.5) is 0 Å².